The van der Waals surface area contributed by atoms with Gasteiger partial charge in [0.25, 0.3) is 5.91 Å². The van der Waals surface area contributed by atoms with Crippen LogP contribution in [-0.4, -0.2) is 5.91 Å². The summed E-state index contributed by atoms with van der Waals surface area (Å²) in [6.45, 7) is 3.38. The molecule has 0 aliphatic heterocycles. The van der Waals surface area contributed by atoms with E-state index in [4.69, 9.17) is 17.3 Å². The van der Waals surface area contributed by atoms with Crippen LogP contribution in [0.1, 0.15) is 13.8 Å². The SMILES string of the molecule is CC(C)=C(Cl)C([NH])=O. The highest BCUT2D eigenvalue weighted by atomic mass is 35.5. The number of carbonyl (C=O) groups is 1. The van der Waals surface area contributed by atoms with Crippen molar-refractivity contribution in [3.8, 4) is 0 Å². The maximum atomic E-state index is 10.1. The Morgan fingerprint density at radius 2 is 1.88 bits per heavy atom. The number of hydrogen-bond donors (Lipinski definition) is 0. The van der Waals surface area contributed by atoms with Gasteiger partial charge in [-0.15, -0.1) is 0 Å². The fourth-order valence-corrected chi connectivity index (χ4v) is 0.227. The lowest BCUT2D eigenvalue weighted by Crippen LogP contribution is -1.97. The maximum absolute atomic E-state index is 10.1. The van der Waals surface area contributed by atoms with Crippen molar-refractivity contribution in [2.45, 2.75) is 13.8 Å². The monoisotopic (exact) mass is 132 g/mol. The molecule has 45 valence electrons. The third-order valence-corrected chi connectivity index (χ3v) is 1.19. The lowest BCUT2D eigenvalue weighted by Gasteiger charge is -1.89. The summed E-state index contributed by atoms with van der Waals surface area (Å²) in [7, 11) is 0. The van der Waals surface area contributed by atoms with Gasteiger partial charge in [0.1, 0.15) is 5.03 Å². The van der Waals surface area contributed by atoms with Crippen molar-refractivity contribution in [3.05, 3.63) is 10.6 Å². The average molecular weight is 133 g/mol. The molecule has 3 heteroatoms. The predicted octanol–water partition coefficient (Wildman–Crippen LogP) is 1.33. The van der Waals surface area contributed by atoms with E-state index in [0.29, 0.717) is 5.57 Å². The molecule has 0 spiro atoms. The first-order valence-corrected chi connectivity index (χ1v) is 2.52. The predicted molar refractivity (Wildman–Crippen MR) is 32.3 cm³/mol. The van der Waals surface area contributed by atoms with Crippen molar-refractivity contribution < 1.29 is 4.79 Å². The lowest BCUT2D eigenvalue weighted by atomic mass is 10.3. The first-order chi connectivity index (χ1) is 3.55. The normalized spacial score (nSPS) is 8.38. The minimum atomic E-state index is -0.813. The second kappa shape index (κ2) is 2.72. The number of nitrogens with one attached hydrogen (secondary N) is 1. The number of rotatable bonds is 1. The van der Waals surface area contributed by atoms with E-state index in [1.54, 1.807) is 13.8 Å². The second-order valence-electron chi connectivity index (χ2n) is 1.64. The molecule has 2 nitrogen and oxygen atoms in total. The van der Waals surface area contributed by atoms with Crippen LogP contribution in [-0.2, 0) is 4.79 Å². The summed E-state index contributed by atoms with van der Waals surface area (Å²) < 4.78 is 0. The van der Waals surface area contributed by atoms with Crippen LogP contribution in [0.5, 0.6) is 0 Å². The van der Waals surface area contributed by atoms with E-state index in [1.807, 2.05) is 0 Å². The minimum Gasteiger partial charge on any atom is -0.266 e. The smallest absolute Gasteiger partial charge is 0.266 e. The zero-order chi connectivity index (χ0) is 6.73. The topological polar surface area (TPSA) is 40.9 Å². The molecule has 0 unspecified atom stereocenters. The highest BCUT2D eigenvalue weighted by Crippen LogP contribution is 2.06. The number of hydrogen-bond acceptors (Lipinski definition) is 1. The molecule has 0 saturated heterocycles. The lowest BCUT2D eigenvalue weighted by molar-refractivity contribution is -0.114. The highest BCUT2D eigenvalue weighted by Gasteiger charge is 2.00. The number of halogens is 1. The summed E-state index contributed by atoms with van der Waals surface area (Å²) in [4.78, 5) is 10.1. The molecule has 0 bridgehead atoms. The summed E-state index contributed by atoms with van der Waals surface area (Å²) in [5.41, 5.74) is 7.17. The molecule has 0 rings (SSSR count). The standard InChI is InChI=1S/C5H7ClNO/c1-3(2)4(6)5(7)8/h7H,1-2H3. The van der Waals surface area contributed by atoms with E-state index in [-0.39, 0.29) is 5.03 Å². The molecular formula is C5H7ClNO. The van der Waals surface area contributed by atoms with E-state index in [2.05, 4.69) is 0 Å². The van der Waals surface area contributed by atoms with E-state index < -0.39 is 5.91 Å². The maximum Gasteiger partial charge on any atom is 0.281 e. The van der Waals surface area contributed by atoms with Crippen molar-refractivity contribution in [3.63, 3.8) is 0 Å². The van der Waals surface area contributed by atoms with Gasteiger partial charge in [0.2, 0.25) is 0 Å². The third-order valence-electron chi connectivity index (χ3n) is 0.638. The van der Waals surface area contributed by atoms with Crippen LogP contribution >= 0.6 is 11.6 Å². The Balaban J connectivity index is 4.23. The Hall–Kier alpha value is -0.500. The van der Waals surface area contributed by atoms with Crippen molar-refractivity contribution in [2.24, 2.45) is 0 Å². The quantitative estimate of drug-likeness (QED) is 0.496. The first-order valence-electron chi connectivity index (χ1n) is 2.14. The first kappa shape index (κ1) is 7.50. The van der Waals surface area contributed by atoms with E-state index >= 15 is 0 Å². The van der Waals surface area contributed by atoms with Gasteiger partial charge in [0.05, 0.1) is 0 Å². The zero-order valence-electron chi connectivity index (χ0n) is 4.79. The summed E-state index contributed by atoms with van der Waals surface area (Å²) in [6, 6.07) is 0. The highest BCUT2D eigenvalue weighted by molar-refractivity contribution is 6.42. The van der Waals surface area contributed by atoms with E-state index in [1.165, 1.54) is 0 Å². The van der Waals surface area contributed by atoms with Crippen molar-refractivity contribution >= 4 is 17.5 Å². The van der Waals surface area contributed by atoms with Gasteiger partial charge in [-0.1, -0.05) is 17.2 Å². The molecule has 0 aromatic rings. The van der Waals surface area contributed by atoms with Gasteiger partial charge >= 0.3 is 0 Å². The fraction of sp³-hybridized carbons (Fsp3) is 0.400. The molecular weight excluding hydrogens is 126 g/mol. The number of carbonyl (C=O) groups excluding carboxylic acids is 1. The molecule has 0 fully saturated rings. The Morgan fingerprint density at radius 1 is 1.50 bits per heavy atom. The molecule has 1 radical (unpaired) electrons. The molecule has 0 heterocycles. The summed E-state index contributed by atoms with van der Waals surface area (Å²) in [6.07, 6.45) is 0. The van der Waals surface area contributed by atoms with Gasteiger partial charge in [-0.25, -0.2) is 0 Å². The van der Waals surface area contributed by atoms with Crippen molar-refractivity contribution in [1.82, 2.24) is 5.73 Å². The number of allylic oxidation sites excluding steroid dienone is 1. The third kappa shape index (κ3) is 1.98. The fourth-order valence-electron chi connectivity index (χ4n) is 0.227. The Bertz CT molecular complexity index is 135. The molecule has 0 aliphatic rings. The largest absolute Gasteiger partial charge is 0.281 e. The van der Waals surface area contributed by atoms with E-state index in [9.17, 15) is 4.79 Å². The van der Waals surface area contributed by atoms with Gasteiger partial charge in [-0.2, -0.15) is 0 Å². The van der Waals surface area contributed by atoms with Gasteiger partial charge < -0.3 is 0 Å². The van der Waals surface area contributed by atoms with Gasteiger partial charge in [-0.05, 0) is 13.8 Å². The molecule has 0 atom stereocenters. The average Bonchev–Trinajstić information content (AvgIpc) is 1.64. The van der Waals surface area contributed by atoms with Gasteiger partial charge in [-0.3, -0.25) is 10.5 Å². The van der Waals surface area contributed by atoms with Crippen LogP contribution in [0, 0.1) is 0 Å². The zero-order valence-corrected chi connectivity index (χ0v) is 5.54. The minimum absolute atomic E-state index is 0.0185. The summed E-state index contributed by atoms with van der Waals surface area (Å²) in [5, 5.41) is 0.0185. The molecule has 0 aliphatic carbocycles. The molecule has 8 heavy (non-hydrogen) atoms. The van der Waals surface area contributed by atoms with Gasteiger partial charge in [0, 0.05) is 0 Å². The Morgan fingerprint density at radius 3 is 1.88 bits per heavy atom. The summed E-state index contributed by atoms with van der Waals surface area (Å²) in [5.74, 6) is -0.813. The molecule has 1 N–H and O–H groups in total. The molecule has 1 amide bonds. The van der Waals surface area contributed by atoms with Crippen LogP contribution in [0.4, 0.5) is 0 Å². The van der Waals surface area contributed by atoms with Crippen molar-refractivity contribution in [1.29, 1.82) is 0 Å². The molecule has 0 aromatic heterocycles. The van der Waals surface area contributed by atoms with Crippen LogP contribution in [0.3, 0.4) is 0 Å². The van der Waals surface area contributed by atoms with Crippen LogP contribution in [0.15, 0.2) is 10.6 Å². The van der Waals surface area contributed by atoms with E-state index in [0.717, 1.165) is 0 Å². The molecule has 0 aromatic carbocycles. The Labute approximate surface area is 53.3 Å². The van der Waals surface area contributed by atoms with Crippen LogP contribution in [0.2, 0.25) is 0 Å². The van der Waals surface area contributed by atoms with Crippen molar-refractivity contribution in [2.75, 3.05) is 0 Å². The van der Waals surface area contributed by atoms with Crippen LogP contribution < -0.4 is 5.73 Å². The number of amides is 1. The van der Waals surface area contributed by atoms with Gasteiger partial charge in [0.15, 0.2) is 0 Å². The molecule has 0 saturated carbocycles. The Kier molecular flexibility index (Phi) is 2.55. The summed E-state index contributed by atoms with van der Waals surface area (Å²) >= 11 is 5.29. The van der Waals surface area contributed by atoms with Crippen LogP contribution in [0.25, 0.3) is 0 Å². The second-order valence-corrected chi connectivity index (χ2v) is 2.02.